The second-order valence-corrected chi connectivity index (χ2v) is 3.81. The van der Waals surface area contributed by atoms with Gasteiger partial charge in [-0.1, -0.05) is 19.1 Å². The molecule has 0 aliphatic carbocycles. The lowest BCUT2D eigenvalue weighted by Crippen LogP contribution is -2.08. The highest BCUT2D eigenvalue weighted by atomic mass is 16.5. The van der Waals surface area contributed by atoms with Crippen LogP contribution in [-0.4, -0.2) is 18.0 Å². The van der Waals surface area contributed by atoms with E-state index in [1.807, 2.05) is 6.92 Å². The van der Waals surface area contributed by atoms with Crippen molar-refractivity contribution in [3.05, 3.63) is 29.8 Å². The summed E-state index contributed by atoms with van der Waals surface area (Å²) >= 11 is 0. The van der Waals surface area contributed by atoms with Crippen LogP contribution < -0.4 is 0 Å². The zero-order valence-electron chi connectivity index (χ0n) is 9.77. The second kappa shape index (κ2) is 6.28. The third kappa shape index (κ3) is 3.66. The van der Waals surface area contributed by atoms with E-state index in [-0.39, 0.29) is 17.6 Å². The van der Waals surface area contributed by atoms with E-state index in [4.69, 9.17) is 9.84 Å². The Bertz CT molecular complexity index is 330. The minimum atomic E-state index is -0.209. The summed E-state index contributed by atoms with van der Waals surface area (Å²) < 4.78 is 5.29. The quantitative estimate of drug-likeness (QED) is 0.805. The van der Waals surface area contributed by atoms with Crippen molar-refractivity contribution < 1.29 is 14.6 Å². The molecule has 3 heteroatoms. The van der Waals surface area contributed by atoms with E-state index in [1.54, 1.807) is 31.4 Å². The molecule has 1 atom stereocenters. The number of ether oxygens (including phenoxy) is 1. The standard InChI is InChI=1S/C13H18O3/c1-3-4-12(15)9-13(16-2)10-5-7-11(14)8-6-10/h5-8,13-14H,3-4,9H2,1-2H3. The van der Waals surface area contributed by atoms with E-state index in [0.29, 0.717) is 12.8 Å². The van der Waals surface area contributed by atoms with E-state index in [9.17, 15) is 4.79 Å². The molecule has 0 amide bonds. The molecule has 0 fully saturated rings. The van der Waals surface area contributed by atoms with Crippen LogP contribution in [0, 0.1) is 0 Å². The minimum Gasteiger partial charge on any atom is -0.508 e. The van der Waals surface area contributed by atoms with Gasteiger partial charge in [0.15, 0.2) is 0 Å². The first-order valence-electron chi connectivity index (χ1n) is 5.50. The van der Waals surface area contributed by atoms with Gasteiger partial charge in [-0.2, -0.15) is 0 Å². The van der Waals surface area contributed by atoms with E-state index >= 15 is 0 Å². The molecule has 0 aliphatic rings. The molecule has 88 valence electrons. The topological polar surface area (TPSA) is 46.5 Å². The molecule has 1 unspecified atom stereocenters. The Morgan fingerprint density at radius 1 is 1.38 bits per heavy atom. The predicted octanol–water partition coefficient (Wildman–Crippen LogP) is 2.84. The fourth-order valence-corrected chi connectivity index (χ4v) is 1.61. The highest BCUT2D eigenvalue weighted by Gasteiger charge is 2.14. The van der Waals surface area contributed by atoms with Gasteiger partial charge in [0.2, 0.25) is 0 Å². The summed E-state index contributed by atoms with van der Waals surface area (Å²) in [4.78, 5) is 11.5. The average Bonchev–Trinajstić information content (AvgIpc) is 2.27. The number of hydrogen-bond acceptors (Lipinski definition) is 3. The summed E-state index contributed by atoms with van der Waals surface area (Å²) in [7, 11) is 1.59. The molecular weight excluding hydrogens is 204 g/mol. The third-order valence-corrected chi connectivity index (χ3v) is 2.49. The van der Waals surface area contributed by atoms with Crippen LogP contribution in [0.1, 0.15) is 37.9 Å². The maximum atomic E-state index is 11.5. The number of aromatic hydroxyl groups is 1. The lowest BCUT2D eigenvalue weighted by Gasteiger charge is -2.14. The Kier molecular flexibility index (Phi) is 4.99. The summed E-state index contributed by atoms with van der Waals surface area (Å²) in [6, 6.07) is 6.77. The van der Waals surface area contributed by atoms with Crippen molar-refractivity contribution in [2.75, 3.05) is 7.11 Å². The number of phenolic OH excluding ortho intramolecular Hbond substituents is 1. The molecule has 0 bridgehead atoms. The Hall–Kier alpha value is -1.35. The molecule has 0 saturated carbocycles. The molecule has 1 aromatic carbocycles. The zero-order valence-corrected chi connectivity index (χ0v) is 9.77. The Morgan fingerprint density at radius 2 is 2.00 bits per heavy atom. The van der Waals surface area contributed by atoms with Crippen molar-refractivity contribution in [2.24, 2.45) is 0 Å². The lowest BCUT2D eigenvalue weighted by atomic mass is 10.0. The smallest absolute Gasteiger partial charge is 0.135 e. The number of carbonyl (C=O) groups excluding carboxylic acids is 1. The van der Waals surface area contributed by atoms with Gasteiger partial charge in [-0.3, -0.25) is 4.79 Å². The Labute approximate surface area is 96.1 Å². The maximum absolute atomic E-state index is 11.5. The predicted molar refractivity (Wildman–Crippen MR) is 62.4 cm³/mol. The second-order valence-electron chi connectivity index (χ2n) is 3.81. The minimum absolute atomic E-state index is 0.209. The van der Waals surface area contributed by atoms with Gasteiger partial charge < -0.3 is 9.84 Å². The van der Waals surface area contributed by atoms with Crippen molar-refractivity contribution in [3.8, 4) is 5.75 Å². The SMILES string of the molecule is CCCC(=O)CC(OC)c1ccc(O)cc1. The van der Waals surface area contributed by atoms with Crippen LogP contribution in [-0.2, 0) is 9.53 Å². The average molecular weight is 222 g/mol. The molecule has 0 spiro atoms. The maximum Gasteiger partial charge on any atom is 0.135 e. The van der Waals surface area contributed by atoms with Crippen LogP contribution in [0.2, 0.25) is 0 Å². The van der Waals surface area contributed by atoms with Crippen LogP contribution in [0.4, 0.5) is 0 Å². The van der Waals surface area contributed by atoms with Crippen LogP contribution in [0.15, 0.2) is 24.3 Å². The molecule has 3 nitrogen and oxygen atoms in total. The lowest BCUT2D eigenvalue weighted by molar-refractivity contribution is -0.121. The Morgan fingerprint density at radius 3 is 2.50 bits per heavy atom. The molecular formula is C13H18O3. The van der Waals surface area contributed by atoms with Gasteiger partial charge in [0.25, 0.3) is 0 Å². The van der Waals surface area contributed by atoms with Crippen LogP contribution in [0.25, 0.3) is 0 Å². The van der Waals surface area contributed by atoms with Gasteiger partial charge in [-0.25, -0.2) is 0 Å². The fourth-order valence-electron chi connectivity index (χ4n) is 1.61. The van der Waals surface area contributed by atoms with E-state index in [1.165, 1.54) is 0 Å². The monoisotopic (exact) mass is 222 g/mol. The van der Waals surface area contributed by atoms with Gasteiger partial charge >= 0.3 is 0 Å². The highest BCUT2D eigenvalue weighted by Crippen LogP contribution is 2.23. The van der Waals surface area contributed by atoms with Crippen molar-refractivity contribution in [2.45, 2.75) is 32.3 Å². The molecule has 0 aliphatic heterocycles. The summed E-state index contributed by atoms with van der Waals surface area (Å²) in [5.41, 5.74) is 0.921. The number of rotatable bonds is 6. The summed E-state index contributed by atoms with van der Waals surface area (Å²) in [6.45, 7) is 1.99. The molecule has 16 heavy (non-hydrogen) atoms. The molecule has 1 aromatic rings. The molecule has 1 N–H and O–H groups in total. The number of phenols is 1. The van der Waals surface area contributed by atoms with E-state index < -0.39 is 0 Å². The van der Waals surface area contributed by atoms with Crippen LogP contribution >= 0.6 is 0 Å². The van der Waals surface area contributed by atoms with Gasteiger partial charge in [-0.15, -0.1) is 0 Å². The number of hydrogen-bond donors (Lipinski definition) is 1. The van der Waals surface area contributed by atoms with Gasteiger partial charge in [0, 0.05) is 20.0 Å². The number of carbonyl (C=O) groups is 1. The first-order chi connectivity index (χ1) is 7.67. The fraction of sp³-hybridized carbons (Fsp3) is 0.462. The summed E-state index contributed by atoms with van der Waals surface area (Å²) in [5.74, 6) is 0.431. The third-order valence-electron chi connectivity index (χ3n) is 2.49. The van der Waals surface area contributed by atoms with Crippen LogP contribution in [0.5, 0.6) is 5.75 Å². The van der Waals surface area contributed by atoms with Crippen molar-refractivity contribution in [1.82, 2.24) is 0 Å². The number of methoxy groups -OCH3 is 1. The summed E-state index contributed by atoms with van der Waals surface area (Å²) in [5, 5.41) is 9.17. The van der Waals surface area contributed by atoms with Crippen molar-refractivity contribution >= 4 is 5.78 Å². The Balaban J connectivity index is 2.67. The first-order valence-corrected chi connectivity index (χ1v) is 5.50. The number of Topliss-reactive ketones (excluding diaryl/α,β-unsaturated/α-hetero) is 1. The van der Waals surface area contributed by atoms with Gasteiger partial charge in [-0.05, 0) is 24.1 Å². The molecule has 0 saturated heterocycles. The number of ketones is 1. The molecule has 1 rings (SSSR count). The normalized spacial score (nSPS) is 12.4. The zero-order chi connectivity index (χ0) is 12.0. The largest absolute Gasteiger partial charge is 0.508 e. The van der Waals surface area contributed by atoms with Gasteiger partial charge in [0.1, 0.15) is 11.5 Å². The molecule has 0 aromatic heterocycles. The van der Waals surface area contributed by atoms with E-state index in [2.05, 4.69) is 0 Å². The highest BCUT2D eigenvalue weighted by molar-refractivity contribution is 5.79. The van der Waals surface area contributed by atoms with Crippen LogP contribution in [0.3, 0.4) is 0 Å². The molecule has 0 radical (unpaired) electrons. The van der Waals surface area contributed by atoms with E-state index in [0.717, 1.165) is 12.0 Å². The number of benzene rings is 1. The van der Waals surface area contributed by atoms with Crippen molar-refractivity contribution in [3.63, 3.8) is 0 Å². The summed E-state index contributed by atoms with van der Waals surface area (Å²) in [6.07, 6.45) is 1.65. The van der Waals surface area contributed by atoms with Crippen molar-refractivity contribution in [1.29, 1.82) is 0 Å². The molecule has 0 heterocycles. The first kappa shape index (κ1) is 12.7. The van der Waals surface area contributed by atoms with Gasteiger partial charge in [0.05, 0.1) is 6.10 Å².